The summed E-state index contributed by atoms with van der Waals surface area (Å²) in [5.74, 6) is -1.02. The van der Waals surface area contributed by atoms with Crippen LogP contribution in [-0.4, -0.2) is 26.6 Å². The van der Waals surface area contributed by atoms with Crippen LogP contribution < -0.4 is 11.5 Å². The van der Waals surface area contributed by atoms with Gasteiger partial charge in [0.15, 0.2) is 0 Å². The Balaban J connectivity index is 1.93. The lowest BCUT2D eigenvalue weighted by molar-refractivity contribution is -0.145. The zero-order chi connectivity index (χ0) is 15.4. The minimum absolute atomic E-state index is 0.0269. The van der Waals surface area contributed by atoms with Crippen molar-refractivity contribution in [3.05, 3.63) is 40.7 Å². The third-order valence-corrected chi connectivity index (χ3v) is 2.92. The monoisotopic (exact) mass is 309 g/mol. The van der Waals surface area contributed by atoms with Gasteiger partial charge in [0.1, 0.15) is 19.5 Å². The fourth-order valence-corrected chi connectivity index (χ4v) is 1.77. The van der Waals surface area contributed by atoms with Gasteiger partial charge in [-0.25, -0.2) is 9.67 Å². The van der Waals surface area contributed by atoms with E-state index in [1.54, 1.807) is 6.07 Å². The van der Waals surface area contributed by atoms with Crippen LogP contribution in [0.4, 0.5) is 5.95 Å². The minimum atomic E-state index is -0.579. The molecule has 110 valence electrons. The van der Waals surface area contributed by atoms with Gasteiger partial charge in [0, 0.05) is 16.1 Å². The van der Waals surface area contributed by atoms with Gasteiger partial charge in [-0.15, -0.1) is 5.10 Å². The van der Waals surface area contributed by atoms with Gasteiger partial charge in [0.2, 0.25) is 11.9 Å². The fraction of sp³-hybridized carbons (Fsp3) is 0.167. The van der Waals surface area contributed by atoms with Gasteiger partial charge < -0.3 is 16.2 Å². The van der Waals surface area contributed by atoms with E-state index in [0.29, 0.717) is 10.6 Å². The van der Waals surface area contributed by atoms with E-state index in [1.807, 2.05) is 0 Å². The molecule has 9 heteroatoms. The van der Waals surface area contributed by atoms with E-state index in [2.05, 4.69) is 10.1 Å². The van der Waals surface area contributed by atoms with Gasteiger partial charge in [0.05, 0.1) is 0 Å². The Hall–Kier alpha value is -2.61. The molecule has 0 radical (unpaired) electrons. The molecule has 0 unspecified atom stereocenters. The zero-order valence-electron chi connectivity index (χ0n) is 10.8. The minimum Gasteiger partial charge on any atom is -0.459 e. The average Bonchev–Trinajstić information content (AvgIpc) is 2.82. The summed E-state index contributed by atoms with van der Waals surface area (Å²) in [6.45, 7) is -0.137. The number of nitrogen functional groups attached to an aromatic ring is 1. The number of aromatic nitrogens is 3. The zero-order valence-corrected chi connectivity index (χ0v) is 11.6. The van der Waals surface area contributed by atoms with E-state index in [4.69, 9.17) is 27.8 Å². The number of hydrogen-bond donors (Lipinski definition) is 2. The maximum Gasteiger partial charge on any atom is 0.328 e. The summed E-state index contributed by atoms with van der Waals surface area (Å²) in [6.07, 6.45) is 1.32. The van der Waals surface area contributed by atoms with Crippen LogP contribution in [0.1, 0.15) is 15.9 Å². The molecule has 1 aromatic carbocycles. The highest BCUT2D eigenvalue weighted by molar-refractivity contribution is 6.31. The molecule has 0 fully saturated rings. The predicted octanol–water partition coefficient (Wildman–Crippen LogP) is 0.356. The van der Waals surface area contributed by atoms with Crippen molar-refractivity contribution in [2.45, 2.75) is 13.2 Å². The highest BCUT2D eigenvalue weighted by Gasteiger charge is 2.10. The average molecular weight is 310 g/mol. The Kier molecular flexibility index (Phi) is 4.39. The number of halogens is 1. The lowest BCUT2D eigenvalue weighted by atomic mass is 10.1. The normalized spacial score (nSPS) is 10.3. The number of carbonyl (C=O) groups is 2. The van der Waals surface area contributed by atoms with Gasteiger partial charge in [-0.05, 0) is 12.1 Å². The van der Waals surface area contributed by atoms with E-state index in [1.165, 1.54) is 23.1 Å². The van der Waals surface area contributed by atoms with E-state index in [-0.39, 0.29) is 24.7 Å². The number of rotatable bonds is 5. The SMILES string of the molecule is NC(=O)c1ccc(COC(=O)Cn2cnc(N)n2)c(Cl)c1. The molecule has 0 bridgehead atoms. The quantitative estimate of drug-likeness (QED) is 0.768. The van der Waals surface area contributed by atoms with Crippen LogP contribution in [0.3, 0.4) is 0 Å². The first-order valence-electron chi connectivity index (χ1n) is 5.84. The van der Waals surface area contributed by atoms with E-state index >= 15 is 0 Å². The van der Waals surface area contributed by atoms with E-state index < -0.39 is 11.9 Å². The first-order valence-corrected chi connectivity index (χ1v) is 6.22. The summed E-state index contributed by atoms with van der Waals surface area (Å²) >= 11 is 5.98. The Morgan fingerprint density at radius 2 is 2.14 bits per heavy atom. The smallest absolute Gasteiger partial charge is 0.328 e. The number of amides is 1. The summed E-state index contributed by atoms with van der Waals surface area (Å²) in [5, 5.41) is 4.05. The van der Waals surface area contributed by atoms with Gasteiger partial charge in [-0.1, -0.05) is 17.7 Å². The molecule has 8 nitrogen and oxygen atoms in total. The Morgan fingerprint density at radius 3 is 2.71 bits per heavy atom. The summed E-state index contributed by atoms with van der Waals surface area (Å²) in [7, 11) is 0. The molecule has 0 aliphatic heterocycles. The maximum atomic E-state index is 11.6. The van der Waals surface area contributed by atoms with Gasteiger partial charge in [0.25, 0.3) is 0 Å². The number of benzene rings is 1. The molecule has 1 heterocycles. The van der Waals surface area contributed by atoms with E-state index in [9.17, 15) is 9.59 Å². The van der Waals surface area contributed by atoms with Crippen molar-refractivity contribution in [2.75, 3.05) is 5.73 Å². The van der Waals surface area contributed by atoms with Crippen LogP contribution in [0.25, 0.3) is 0 Å². The second-order valence-corrected chi connectivity index (χ2v) is 4.54. The number of ether oxygens (including phenoxy) is 1. The van der Waals surface area contributed by atoms with Crippen LogP contribution in [-0.2, 0) is 22.7 Å². The summed E-state index contributed by atoms with van der Waals surface area (Å²) in [5.41, 5.74) is 11.3. The topological polar surface area (TPSA) is 126 Å². The van der Waals surface area contributed by atoms with Crippen LogP contribution >= 0.6 is 11.6 Å². The molecule has 2 aromatic rings. The molecule has 1 aromatic heterocycles. The molecule has 0 aliphatic rings. The molecule has 1 amide bonds. The number of carbonyl (C=O) groups excluding carboxylic acids is 2. The highest BCUT2D eigenvalue weighted by atomic mass is 35.5. The largest absolute Gasteiger partial charge is 0.459 e. The molecular formula is C12H12ClN5O3. The third kappa shape index (κ3) is 3.93. The molecule has 0 aliphatic carbocycles. The molecule has 0 saturated heterocycles. The lowest BCUT2D eigenvalue weighted by Gasteiger charge is -2.07. The molecule has 0 atom stereocenters. The number of nitrogens with two attached hydrogens (primary N) is 2. The summed E-state index contributed by atoms with van der Waals surface area (Å²) < 4.78 is 6.31. The molecule has 21 heavy (non-hydrogen) atoms. The summed E-state index contributed by atoms with van der Waals surface area (Å²) in [6, 6.07) is 4.50. The van der Waals surface area contributed by atoms with Crippen molar-refractivity contribution in [3.63, 3.8) is 0 Å². The summed E-state index contributed by atoms with van der Waals surface area (Å²) in [4.78, 5) is 26.3. The Bertz CT molecular complexity index is 685. The van der Waals surface area contributed by atoms with Gasteiger partial charge >= 0.3 is 5.97 Å². The fourth-order valence-electron chi connectivity index (χ4n) is 1.54. The Morgan fingerprint density at radius 1 is 1.38 bits per heavy atom. The standard InChI is InChI=1S/C12H12ClN5O3/c13-9-3-7(11(14)20)1-2-8(9)5-21-10(19)4-18-6-16-12(15)17-18/h1-3,6H,4-5H2,(H2,14,20)(H2,15,17). The van der Waals surface area contributed by atoms with Crippen molar-refractivity contribution >= 4 is 29.4 Å². The molecule has 0 spiro atoms. The van der Waals surface area contributed by atoms with Crippen LogP contribution in [0.2, 0.25) is 5.02 Å². The number of primary amides is 1. The van der Waals surface area contributed by atoms with Crippen molar-refractivity contribution in [1.29, 1.82) is 0 Å². The first-order chi connectivity index (χ1) is 9.95. The van der Waals surface area contributed by atoms with Gasteiger partial charge in [-0.3, -0.25) is 9.59 Å². The molecular weight excluding hydrogens is 298 g/mol. The highest BCUT2D eigenvalue weighted by Crippen LogP contribution is 2.18. The number of anilines is 1. The molecule has 0 saturated carbocycles. The predicted molar refractivity (Wildman–Crippen MR) is 74.2 cm³/mol. The number of hydrogen-bond acceptors (Lipinski definition) is 6. The lowest BCUT2D eigenvalue weighted by Crippen LogP contribution is -2.14. The first kappa shape index (κ1) is 14.8. The van der Waals surface area contributed by atoms with Crippen molar-refractivity contribution in [3.8, 4) is 0 Å². The van der Waals surface area contributed by atoms with Gasteiger partial charge in [-0.2, -0.15) is 0 Å². The third-order valence-electron chi connectivity index (χ3n) is 2.57. The maximum absolute atomic E-state index is 11.6. The molecule has 2 rings (SSSR count). The van der Waals surface area contributed by atoms with Crippen LogP contribution in [0.15, 0.2) is 24.5 Å². The van der Waals surface area contributed by atoms with Crippen molar-refractivity contribution < 1.29 is 14.3 Å². The molecule has 4 N–H and O–H groups in total. The van der Waals surface area contributed by atoms with Crippen molar-refractivity contribution in [1.82, 2.24) is 14.8 Å². The van der Waals surface area contributed by atoms with Crippen LogP contribution in [0, 0.1) is 0 Å². The van der Waals surface area contributed by atoms with Crippen LogP contribution in [0.5, 0.6) is 0 Å². The Labute approximate surface area is 124 Å². The number of nitrogens with zero attached hydrogens (tertiary/aromatic N) is 3. The second kappa shape index (κ2) is 6.23. The van der Waals surface area contributed by atoms with Crippen molar-refractivity contribution in [2.24, 2.45) is 5.73 Å². The number of esters is 1. The second-order valence-electron chi connectivity index (χ2n) is 4.13. The van der Waals surface area contributed by atoms with E-state index in [0.717, 1.165) is 0 Å².